The van der Waals surface area contributed by atoms with E-state index >= 15 is 0 Å². The number of methoxy groups -OCH3 is 1. The van der Waals surface area contributed by atoms with Crippen LogP contribution in [0.25, 0.3) is 0 Å². The van der Waals surface area contributed by atoms with Crippen LogP contribution in [-0.4, -0.2) is 23.6 Å². The molecule has 0 N–H and O–H groups in total. The van der Waals surface area contributed by atoms with Crippen molar-refractivity contribution < 1.29 is 9.13 Å². The summed E-state index contributed by atoms with van der Waals surface area (Å²) in [5, 5.41) is 3.93. The van der Waals surface area contributed by atoms with Gasteiger partial charge in [0.25, 0.3) is 0 Å². The van der Waals surface area contributed by atoms with Gasteiger partial charge in [-0.15, -0.1) is 0 Å². The molecule has 62 valence electrons. The fraction of sp³-hybridized carbons (Fsp3) is 0.571. The van der Waals surface area contributed by atoms with Crippen molar-refractivity contribution in [3.63, 3.8) is 0 Å². The van der Waals surface area contributed by atoms with Crippen molar-refractivity contribution in [2.24, 2.45) is 7.05 Å². The lowest BCUT2D eigenvalue weighted by atomic mass is 10.3. The standard InChI is InChI=1S/C7H11FN2O/c1-10-7(11-2)6(3-4-8)5-9-10/h5H,3-4H2,1-2H3. The SMILES string of the molecule is COc1c(CCF)cnn1C. The van der Waals surface area contributed by atoms with E-state index in [0.717, 1.165) is 5.56 Å². The van der Waals surface area contributed by atoms with E-state index in [0.29, 0.717) is 12.3 Å². The number of aromatic nitrogens is 2. The lowest BCUT2D eigenvalue weighted by Gasteiger charge is -2.01. The second kappa shape index (κ2) is 3.37. The maximum Gasteiger partial charge on any atom is 0.214 e. The van der Waals surface area contributed by atoms with Gasteiger partial charge in [-0.3, -0.25) is 4.39 Å². The van der Waals surface area contributed by atoms with Crippen LogP contribution in [0.1, 0.15) is 5.56 Å². The molecule has 0 aliphatic rings. The zero-order valence-corrected chi connectivity index (χ0v) is 6.67. The van der Waals surface area contributed by atoms with Crippen LogP contribution in [0.3, 0.4) is 0 Å². The summed E-state index contributed by atoms with van der Waals surface area (Å²) >= 11 is 0. The van der Waals surface area contributed by atoms with Crippen LogP contribution in [-0.2, 0) is 13.5 Å². The van der Waals surface area contributed by atoms with E-state index in [4.69, 9.17) is 4.74 Å². The Morgan fingerprint density at radius 3 is 3.00 bits per heavy atom. The van der Waals surface area contributed by atoms with E-state index in [1.54, 1.807) is 25.0 Å². The van der Waals surface area contributed by atoms with Crippen LogP contribution in [0.5, 0.6) is 5.88 Å². The zero-order valence-electron chi connectivity index (χ0n) is 6.67. The molecule has 3 nitrogen and oxygen atoms in total. The summed E-state index contributed by atoms with van der Waals surface area (Å²) in [4.78, 5) is 0. The predicted molar refractivity (Wildman–Crippen MR) is 39.4 cm³/mol. The number of ether oxygens (including phenoxy) is 1. The van der Waals surface area contributed by atoms with Gasteiger partial charge in [0.2, 0.25) is 5.88 Å². The van der Waals surface area contributed by atoms with Crippen LogP contribution < -0.4 is 4.74 Å². The topological polar surface area (TPSA) is 27.1 Å². The monoisotopic (exact) mass is 158 g/mol. The van der Waals surface area contributed by atoms with Gasteiger partial charge in [0.15, 0.2) is 0 Å². The molecule has 0 spiro atoms. The van der Waals surface area contributed by atoms with E-state index in [9.17, 15) is 4.39 Å². The second-order valence-electron chi connectivity index (χ2n) is 2.24. The van der Waals surface area contributed by atoms with E-state index < -0.39 is 0 Å². The number of hydrogen-bond donors (Lipinski definition) is 0. The largest absolute Gasteiger partial charge is 0.481 e. The summed E-state index contributed by atoms with van der Waals surface area (Å²) in [6.45, 7) is -0.373. The van der Waals surface area contributed by atoms with Gasteiger partial charge in [-0.2, -0.15) is 5.10 Å². The van der Waals surface area contributed by atoms with Gasteiger partial charge >= 0.3 is 0 Å². The lowest BCUT2D eigenvalue weighted by Crippen LogP contribution is -1.97. The van der Waals surface area contributed by atoms with Gasteiger partial charge in [-0.1, -0.05) is 0 Å². The predicted octanol–water partition coefficient (Wildman–Crippen LogP) is 0.941. The average molecular weight is 158 g/mol. The number of halogens is 1. The molecule has 0 saturated heterocycles. The molecule has 0 aliphatic carbocycles. The van der Waals surface area contributed by atoms with Gasteiger partial charge in [0.1, 0.15) is 0 Å². The van der Waals surface area contributed by atoms with Crippen molar-refractivity contribution >= 4 is 0 Å². The number of hydrogen-bond acceptors (Lipinski definition) is 2. The van der Waals surface area contributed by atoms with Crippen LogP contribution in [0.2, 0.25) is 0 Å². The maximum atomic E-state index is 11.9. The molecule has 0 fully saturated rings. The Hall–Kier alpha value is -1.06. The highest BCUT2D eigenvalue weighted by Crippen LogP contribution is 2.16. The van der Waals surface area contributed by atoms with Crippen molar-refractivity contribution in [3.05, 3.63) is 11.8 Å². The average Bonchev–Trinajstić information content (AvgIpc) is 2.33. The fourth-order valence-corrected chi connectivity index (χ4v) is 1.01. The third kappa shape index (κ3) is 1.50. The van der Waals surface area contributed by atoms with Gasteiger partial charge < -0.3 is 4.74 Å². The molecule has 0 radical (unpaired) electrons. The molecule has 1 heterocycles. The lowest BCUT2D eigenvalue weighted by molar-refractivity contribution is 0.366. The van der Waals surface area contributed by atoms with Crippen molar-refractivity contribution in [2.75, 3.05) is 13.8 Å². The van der Waals surface area contributed by atoms with E-state index in [1.807, 2.05) is 0 Å². The number of rotatable bonds is 3. The van der Waals surface area contributed by atoms with Gasteiger partial charge in [0.05, 0.1) is 20.0 Å². The summed E-state index contributed by atoms with van der Waals surface area (Å²) < 4.78 is 18.5. The normalized spacial score (nSPS) is 10.1. The number of aryl methyl sites for hydroxylation is 2. The summed E-state index contributed by atoms with van der Waals surface area (Å²) in [6, 6.07) is 0. The minimum absolute atomic E-state index is 0.372. The first-order valence-corrected chi connectivity index (χ1v) is 3.40. The first kappa shape index (κ1) is 8.04. The first-order valence-electron chi connectivity index (χ1n) is 3.40. The summed E-state index contributed by atoms with van der Waals surface area (Å²) in [7, 11) is 3.32. The molecular weight excluding hydrogens is 147 g/mol. The molecule has 0 unspecified atom stereocenters. The molecule has 11 heavy (non-hydrogen) atoms. The Bertz CT molecular complexity index is 234. The minimum Gasteiger partial charge on any atom is -0.481 e. The molecule has 0 aliphatic heterocycles. The highest BCUT2D eigenvalue weighted by atomic mass is 19.1. The van der Waals surface area contributed by atoms with Gasteiger partial charge in [-0.05, 0) is 0 Å². The fourth-order valence-electron chi connectivity index (χ4n) is 1.01. The minimum atomic E-state index is -0.373. The molecule has 1 aromatic heterocycles. The van der Waals surface area contributed by atoms with Crippen LogP contribution in [0.15, 0.2) is 6.20 Å². The third-order valence-electron chi connectivity index (χ3n) is 1.51. The Labute approximate surface area is 64.8 Å². The Balaban J connectivity index is 2.86. The van der Waals surface area contributed by atoms with Crippen molar-refractivity contribution in [2.45, 2.75) is 6.42 Å². The molecule has 0 atom stereocenters. The van der Waals surface area contributed by atoms with Crippen molar-refractivity contribution in [1.82, 2.24) is 9.78 Å². The molecule has 1 aromatic rings. The third-order valence-corrected chi connectivity index (χ3v) is 1.51. The Morgan fingerprint density at radius 2 is 2.45 bits per heavy atom. The van der Waals surface area contributed by atoms with E-state index in [2.05, 4.69) is 5.10 Å². The quantitative estimate of drug-likeness (QED) is 0.654. The Kier molecular flexibility index (Phi) is 2.46. The smallest absolute Gasteiger partial charge is 0.214 e. The van der Waals surface area contributed by atoms with Gasteiger partial charge in [-0.25, -0.2) is 4.68 Å². The summed E-state index contributed by atoms with van der Waals surface area (Å²) in [6.07, 6.45) is 2.00. The first-order chi connectivity index (χ1) is 5.29. The van der Waals surface area contributed by atoms with Crippen molar-refractivity contribution in [1.29, 1.82) is 0 Å². The van der Waals surface area contributed by atoms with E-state index in [-0.39, 0.29) is 6.67 Å². The molecular formula is C7H11FN2O. The number of nitrogens with zero attached hydrogens (tertiary/aromatic N) is 2. The molecule has 0 bridgehead atoms. The van der Waals surface area contributed by atoms with Gasteiger partial charge in [0, 0.05) is 19.0 Å². The highest BCUT2D eigenvalue weighted by molar-refractivity contribution is 5.23. The molecule has 1 rings (SSSR count). The zero-order chi connectivity index (χ0) is 8.27. The second-order valence-corrected chi connectivity index (χ2v) is 2.24. The number of alkyl halides is 1. The molecule has 0 saturated carbocycles. The van der Waals surface area contributed by atoms with Crippen LogP contribution in [0.4, 0.5) is 4.39 Å². The highest BCUT2D eigenvalue weighted by Gasteiger charge is 2.06. The maximum absolute atomic E-state index is 11.9. The molecule has 0 aromatic carbocycles. The van der Waals surface area contributed by atoms with Crippen LogP contribution >= 0.6 is 0 Å². The summed E-state index contributed by atoms with van der Waals surface area (Å²) in [5.74, 6) is 0.641. The van der Waals surface area contributed by atoms with Crippen molar-refractivity contribution in [3.8, 4) is 5.88 Å². The molecule has 0 amide bonds. The Morgan fingerprint density at radius 1 is 1.73 bits per heavy atom. The molecule has 4 heteroatoms. The summed E-state index contributed by atoms with van der Waals surface area (Å²) in [5.41, 5.74) is 0.817. The van der Waals surface area contributed by atoms with E-state index in [1.165, 1.54) is 0 Å². The van der Waals surface area contributed by atoms with Crippen LogP contribution in [0, 0.1) is 0 Å².